The van der Waals surface area contributed by atoms with Crippen LogP contribution in [0.3, 0.4) is 0 Å². The number of hydrogen-bond donors (Lipinski definition) is 1. The summed E-state index contributed by atoms with van der Waals surface area (Å²) in [5.74, 6) is 0.755. The predicted octanol–water partition coefficient (Wildman–Crippen LogP) is 4.36. The lowest BCUT2D eigenvalue weighted by Gasteiger charge is -2.08. The molecule has 0 heterocycles. The summed E-state index contributed by atoms with van der Waals surface area (Å²) >= 11 is 5.55. The lowest BCUT2D eigenvalue weighted by molar-refractivity contribution is -0.116. The van der Waals surface area contributed by atoms with Gasteiger partial charge in [0.25, 0.3) is 0 Å². The second-order valence-electron chi connectivity index (χ2n) is 4.78. The van der Waals surface area contributed by atoms with E-state index >= 15 is 0 Å². The van der Waals surface area contributed by atoms with Crippen LogP contribution in [0.4, 0.5) is 10.1 Å². The third-order valence-electron chi connectivity index (χ3n) is 2.99. The van der Waals surface area contributed by atoms with Gasteiger partial charge < -0.3 is 10.1 Å². The van der Waals surface area contributed by atoms with Gasteiger partial charge in [0.1, 0.15) is 18.2 Å². The molecule has 2 rings (SSSR count). The molecule has 0 saturated heterocycles. The van der Waals surface area contributed by atoms with Crippen LogP contribution in [0.1, 0.15) is 18.4 Å². The SMILES string of the molecule is O=C(CCCCl)Nc1ccc(COc2ccc(F)cc2)cc1. The van der Waals surface area contributed by atoms with E-state index < -0.39 is 0 Å². The van der Waals surface area contributed by atoms with Crippen LogP contribution in [0.15, 0.2) is 48.5 Å². The minimum absolute atomic E-state index is 0.0454. The van der Waals surface area contributed by atoms with Crippen molar-refractivity contribution in [1.82, 2.24) is 0 Å². The summed E-state index contributed by atoms with van der Waals surface area (Å²) in [6, 6.07) is 13.3. The van der Waals surface area contributed by atoms with Crippen LogP contribution in [0.2, 0.25) is 0 Å². The van der Waals surface area contributed by atoms with Gasteiger partial charge in [-0.25, -0.2) is 4.39 Å². The van der Waals surface area contributed by atoms with Gasteiger partial charge >= 0.3 is 0 Å². The third-order valence-corrected chi connectivity index (χ3v) is 3.26. The van der Waals surface area contributed by atoms with Gasteiger partial charge in [-0.2, -0.15) is 0 Å². The van der Waals surface area contributed by atoms with Crippen molar-refractivity contribution in [2.75, 3.05) is 11.2 Å². The monoisotopic (exact) mass is 321 g/mol. The van der Waals surface area contributed by atoms with E-state index in [1.165, 1.54) is 12.1 Å². The molecule has 2 aromatic rings. The van der Waals surface area contributed by atoms with Crippen LogP contribution in [-0.4, -0.2) is 11.8 Å². The normalized spacial score (nSPS) is 10.3. The fourth-order valence-corrected chi connectivity index (χ4v) is 1.97. The van der Waals surface area contributed by atoms with Gasteiger partial charge in [-0.3, -0.25) is 4.79 Å². The molecule has 22 heavy (non-hydrogen) atoms. The Morgan fingerprint density at radius 2 is 1.77 bits per heavy atom. The first-order chi connectivity index (χ1) is 10.7. The van der Waals surface area contributed by atoms with E-state index in [1.807, 2.05) is 24.3 Å². The van der Waals surface area contributed by atoms with Crippen LogP contribution in [0.25, 0.3) is 0 Å². The van der Waals surface area contributed by atoms with E-state index in [2.05, 4.69) is 5.32 Å². The van der Waals surface area contributed by atoms with E-state index in [0.29, 0.717) is 31.1 Å². The van der Waals surface area contributed by atoms with Crippen LogP contribution in [-0.2, 0) is 11.4 Å². The Balaban J connectivity index is 1.83. The second kappa shape index (κ2) is 8.39. The molecule has 0 atom stereocenters. The standard InChI is InChI=1S/C17H17ClFNO2/c18-11-1-2-17(21)20-15-7-3-13(4-8-15)12-22-16-9-5-14(19)6-10-16/h3-10H,1-2,11-12H2,(H,20,21). The van der Waals surface area contributed by atoms with Crippen LogP contribution < -0.4 is 10.1 Å². The molecular weight excluding hydrogens is 305 g/mol. The maximum absolute atomic E-state index is 12.8. The maximum atomic E-state index is 12.8. The zero-order valence-electron chi connectivity index (χ0n) is 12.0. The topological polar surface area (TPSA) is 38.3 Å². The average molecular weight is 322 g/mol. The Bertz CT molecular complexity index is 599. The number of hydrogen-bond acceptors (Lipinski definition) is 2. The van der Waals surface area contributed by atoms with Crippen LogP contribution >= 0.6 is 11.6 Å². The number of halogens is 2. The number of carbonyl (C=O) groups is 1. The summed E-state index contributed by atoms with van der Waals surface area (Å²) in [6.07, 6.45) is 1.08. The number of rotatable bonds is 7. The summed E-state index contributed by atoms with van der Waals surface area (Å²) < 4.78 is 18.3. The Morgan fingerprint density at radius 1 is 1.09 bits per heavy atom. The van der Waals surface area contributed by atoms with Crippen molar-refractivity contribution in [1.29, 1.82) is 0 Å². The molecule has 3 nitrogen and oxygen atoms in total. The zero-order chi connectivity index (χ0) is 15.8. The average Bonchev–Trinajstić information content (AvgIpc) is 2.54. The van der Waals surface area contributed by atoms with Crippen LogP contribution in [0, 0.1) is 5.82 Å². The largest absolute Gasteiger partial charge is 0.489 e. The molecule has 116 valence electrons. The molecule has 5 heteroatoms. The predicted molar refractivity (Wildman–Crippen MR) is 85.8 cm³/mol. The highest BCUT2D eigenvalue weighted by molar-refractivity contribution is 6.18. The molecule has 0 aliphatic carbocycles. The Kier molecular flexibility index (Phi) is 6.22. The summed E-state index contributed by atoms with van der Waals surface area (Å²) in [4.78, 5) is 11.6. The molecular formula is C17H17ClFNO2. The van der Waals surface area contributed by atoms with Gasteiger partial charge in [0.2, 0.25) is 5.91 Å². The molecule has 0 aromatic heterocycles. The highest BCUT2D eigenvalue weighted by Gasteiger charge is 2.02. The molecule has 0 spiro atoms. The molecule has 0 aliphatic rings. The minimum atomic E-state index is -0.290. The molecule has 0 radical (unpaired) electrons. The highest BCUT2D eigenvalue weighted by atomic mass is 35.5. The molecule has 0 aliphatic heterocycles. The fourth-order valence-electron chi connectivity index (χ4n) is 1.83. The van der Waals surface area contributed by atoms with Gasteiger partial charge in [0.05, 0.1) is 0 Å². The number of anilines is 1. The third kappa shape index (κ3) is 5.37. The lowest BCUT2D eigenvalue weighted by Crippen LogP contribution is -2.11. The first kappa shape index (κ1) is 16.3. The minimum Gasteiger partial charge on any atom is -0.489 e. The van der Waals surface area contributed by atoms with E-state index in [4.69, 9.17) is 16.3 Å². The van der Waals surface area contributed by atoms with Crippen LogP contribution in [0.5, 0.6) is 5.75 Å². The van der Waals surface area contributed by atoms with Crippen molar-refractivity contribution in [2.24, 2.45) is 0 Å². The van der Waals surface area contributed by atoms with Crippen molar-refractivity contribution in [3.63, 3.8) is 0 Å². The summed E-state index contributed by atoms with van der Waals surface area (Å²) in [7, 11) is 0. The van der Waals surface area contributed by atoms with Gasteiger partial charge in [0.15, 0.2) is 0 Å². The first-order valence-electron chi connectivity index (χ1n) is 7.00. The molecule has 1 amide bonds. The van der Waals surface area contributed by atoms with Gasteiger partial charge in [-0.1, -0.05) is 12.1 Å². The molecule has 0 bridgehead atoms. The van der Waals surface area contributed by atoms with Crippen molar-refractivity contribution in [3.8, 4) is 5.75 Å². The number of amides is 1. The summed E-state index contributed by atoms with van der Waals surface area (Å²) in [6.45, 7) is 0.381. The lowest BCUT2D eigenvalue weighted by atomic mass is 10.2. The van der Waals surface area contributed by atoms with E-state index in [9.17, 15) is 9.18 Å². The van der Waals surface area contributed by atoms with E-state index in [0.717, 1.165) is 11.3 Å². The van der Waals surface area contributed by atoms with E-state index in [1.54, 1.807) is 12.1 Å². The maximum Gasteiger partial charge on any atom is 0.224 e. The van der Waals surface area contributed by atoms with E-state index in [-0.39, 0.29) is 11.7 Å². The Morgan fingerprint density at radius 3 is 2.41 bits per heavy atom. The van der Waals surface area contributed by atoms with Crippen molar-refractivity contribution >= 4 is 23.2 Å². The van der Waals surface area contributed by atoms with Gasteiger partial charge in [-0.15, -0.1) is 11.6 Å². The number of alkyl halides is 1. The Hall–Kier alpha value is -2.07. The van der Waals surface area contributed by atoms with Gasteiger partial charge in [-0.05, 0) is 48.4 Å². The van der Waals surface area contributed by atoms with Crippen molar-refractivity contribution in [2.45, 2.75) is 19.4 Å². The fraction of sp³-hybridized carbons (Fsp3) is 0.235. The van der Waals surface area contributed by atoms with Gasteiger partial charge in [0, 0.05) is 18.0 Å². The number of ether oxygens (including phenoxy) is 1. The quantitative estimate of drug-likeness (QED) is 0.769. The molecule has 0 saturated carbocycles. The second-order valence-corrected chi connectivity index (χ2v) is 5.16. The Labute approximate surface area is 134 Å². The smallest absolute Gasteiger partial charge is 0.224 e. The first-order valence-corrected chi connectivity index (χ1v) is 7.54. The number of benzene rings is 2. The number of nitrogens with one attached hydrogen (secondary N) is 1. The summed E-state index contributed by atoms with van der Waals surface area (Å²) in [5.41, 5.74) is 1.70. The van der Waals surface area contributed by atoms with Crippen molar-refractivity contribution in [3.05, 3.63) is 59.9 Å². The molecule has 0 fully saturated rings. The highest BCUT2D eigenvalue weighted by Crippen LogP contribution is 2.15. The van der Waals surface area contributed by atoms with Crippen molar-refractivity contribution < 1.29 is 13.9 Å². The molecule has 2 aromatic carbocycles. The molecule has 1 N–H and O–H groups in total. The zero-order valence-corrected chi connectivity index (χ0v) is 12.8. The number of carbonyl (C=O) groups excluding carboxylic acids is 1. The summed E-state index contributed by atoms with van der Waals surface area (Å²) in [5, 5.41) is 2.80. The molecule has 0 unspecified atom stereocenters.